The largest absolute Gasteiger partial charge is 0.339 e. The predicted molar refractivity (Wildman–Crippen MR) is 98.9 cm³/mol. The van der Waals surface area contributed by atoms with E-state index in [4.69, 9.17) is 16.9 Å². The zero-order chi connectivity index (χ0) is 17.8. The fraction of sp³-hybridized carbons (Fsp3) is 0.176. The van der Waals surface area contributed by atoms with Gasteiger partial charge in [0.15, 0.2) is 0 Å². The van der Waals surface area contributed by atoms with E-state index in [9.17, 15) is 0 Å². The smallest absolute Gasteiger partial charge is 0.212 e. The van der Waals surface area contributed by atoms with Crippen molar-refractivity contribution in [1.29, 1.82) is 5.26 Å². The third-order valence-electron chi connectivity index (χ3n) is 3.79. The summed E-state index contributed by atoms with van der Waals surface area (Å²) in [4.78, 5) is 0. The summed E-state index contributed by atoms with van der Waals surface area (Å²) in [5, 5.41) is 22.9. The average Bonchev–Trinajstić information content (AvgIpc) is 3.18. The molecule has 0 saturated carbocycles. The van der Waals surface area contributed by atoms with Gasteiger partial charge >= 0.3 is 0 Å². The topological polar surface area (TPSA) is 71.8 Å². The summed E-state index contributed by atoms with van der Waals surface area (Å²) in [6.07, 6.45) is 3.27. The number of nitrogens with zero attached hydrogens (tertiary/aromatic N) is 6. The Kier molecular flexibility index (Phi) is 5.22. The van der Waals surface area contributed by atoms with Gasteiger partial charge in [-0.05, 0) is 30.7 Å². The van der Waals surface area contributed by atoms with Gasteiger partial charge in [0.05, 0.1) is 6.21 Å². The maximum atomic E-state index is 9.10. The van der Waals surface area contributed by atoms with Crippen LogP contribution in [0.3, 0.4) is 0 Å². The standard InChI is InChI=1S/C17H15ClN6S/c1-12-14(7-16(8-19)23(12)2)9-21-24-11-20-22-17(24)25-10-13-3-5-15(18)6-4-13/h3-7,9,11H,10H2,1-2H3/b21-9-. The first-order valence-corrected chi connectivity index (χ1v) is 8.83. The molecule has 2 heterocycles. The third-order valence-corrected chi connectivity index (χ3v) is 5.05. The number of aromatic nitrogens is 4. The molecule has 0 unspecified atom stereocenters. The Hall–Kier alpha value is -2.56. The Morgan fingerprint density at radius 2 is 2.12 bits per heavy atom. The van der Waals surface area contributed by atoms with Gasteiger partial charge in [-0.25, -0.2) is 0 Å². The molecule has 6 nitrogen and oxygen atoms in total. The van der Waals surface area contributed by atoms with Crippen molar-refractivity contribution in [3.05, 3.63) is 64.2 Å². The van der Waals surface area contributed by atoms with Crippen molar-refractivity contribution in [3.8, 4) is 6.07 Å². The number of thioether (sulfide) groups is 1. The second-order valence-corrected chi connectivity index (χ2v) is 6.74. The van der Waals surface area contributed by atoms with Crippen LogP contribution in [-0.4, -0.2) is 25.7 Å². The second kappa shape index (κ2) is 7.55. The summed E-state index contributed by atoms with van der Waals surface area (Å²) >= 11 is 7.44. The Bertz CT molecular complexity index is 949. The summed E-state index contributed by atoms with van der Waals surface area (Å²) < 4.78 is 3.46. The van der Waals surface area contributed by atoms with Crippen molar-refractivity contribution >= 4 is 29.6 Å². The highest BCUT2D eigenvalue weighted by atomic mass is 35.5. The van der Waals surface area contributed by atoms with Gasteiger partial charge in [-0.2, -0.15) is 15.0 Å². The molecule has 0 aliphatic heterocycles. The summed E-state index contributed by atoms with van der Waals surface area (Å²) in [5.41, 5.74) is 3.61. The molecule has 25 heavy (non-hydrogen) atoms. The number of hydrogen-bond acceptors (Lipinski definition) is 5. The van der Waals surface area contributed by atoms with Crippen molar-refractivity contribution in [3.63, 3.8) is 0 Å². The molecule has 0 saturated heterocycles. The van der Waals surface area contributed by atoms with Crippen LogP contribution in [-0.2, 0) is 12.8 Å². The lowest BCUT2D eigenvalue weighted by Crippen LogP contribution is -1.96. The van der Waals surface area contributed by atoms with Crippen LogP contribution in [0.25, 0.3) is 0 Å². The molecule has 0 atom stereocenters. The van der Waals surface area contributed by atoms with Crippen molar-refractivity contribution in [1.82, 2.24) is 19.4 Å². The SMILES string of the molecule is Cc1c(/C=N\n2cnnc2SCc2ccc(Cl)cc2)cc(C#N)n1C. The zero-order valence-corrected chi connectivity index (χ0v) is 15.3. The summed E-state index contributed by atoms with van der Waals surface area (Å²) in [7, 11) is 1.86. The maximum Gasteiger partial charge on any atom is 0.212 e. The lowest BCUT2D eigenvalue weighted by molar-refractivity contribution is 0.766. The lowest BCUT2D eigenvalue weighted by Gasteiger charge is -2.02. The molecular formula is C17H15ClN6S. The predicted octanol–water partition coefficient (Wildman–Crippen LogP) is 3.62. The van der Waals surface area contributed by atoms with E-state index in [0.717, 1.165) is 27.6 Å². The molecule has 2 aromatic heterocycles. The molecule has 3 aromatic rings. The first-order valence-electron chi connectivity index (χ1n) is 7.46. The minimum atomic E-state index is 0.597. The summed E-state index contributed by atoms with van der Waals surface area (Å²) in [6, 6.07) is 11.7. The molecule has 0 spiro atoms. The van der Waals surface area contributed by atoms with Crippen LogP contribution >= 0.6 is 23.4 Å². The fourth-order valence-corrected chi connectivity index (χ4v) is 3.15. The number of rotatable bonds is 5. The van der Waals surface area contributed by atoms with Crippen LogP contribution in [0, 0.1) is 18.3 Å². The van der Waals surface area contributed by atoms with Gasteiger partial charge in [-0.15, -0.1) is 10.2 Å². The first-order chi connectivity index (χ1) is 12.1. The number of hydrogen-bond donors (Lipinski definition) is 0. The highest BCUT2D eigenvalue weighted by Crippen LogP contribution is 2.21. The Morgan fingerprint density at radius 3 is 2.80 bits per heavy atom. The average molecular weight is 371 g/mol. The van der Waals surface area contributed by atoms with Crippen molar-refractivity contribution in [2.24, 2.45) is 12.1 Å². The van der Waals surface area contributed by atoms with Crippen molar-refractivity contribution in [2.45, 2.75) is 17.8 Å². The van der Waals surface area contributed by atoms with Gasteiger partial charge in [0.2, 0.25) is 5.16 Å². The molecule has 8 heteroatoms. The van der Waals surface area contributed by atoms with Gasteiger partial charge in [0.25, 0.3) is 0 Å². The number of benzene rings is 1. The Labute approximate surface area is 154 Å². The monoisotopic (exact) mass is 370 g/mol. The molecule has 3 rings (SSSR count). The summed E-state index contributed by atoms with van der Waals surface area (Å²) in [5.74, 6) is 0.744. The Morgan fingerprint density at radius 1 is 1.36 bits per heavy atom. The van der Waals surface area contributed by atoms with Crippen LogP contribution in [0.1, 0.15) is 22.5 Å². The van der Waals surface area contributed by atoms with Crippen molar-refractivity contribution in [2.75, 3.05) is 0 Å². The number of nitriles is 1. The van der Waals surface area contributed by atoms with E-state index in [1.807, 2.05) is 48.9 Å². The summed E-state index contributed by atoms with van der Waals surface area (Å²) in [6.45, 7) is 1.95. The molecule has 1 aromatic carbocycles. The minimum Gasteiger partial charge on any atom is -0.339 e. The van der Waals surface area contributed by atoms with Gasteiger partial charge < -0.3 is 4.57 Å². The lowest BCUT2D eigenvalue weighted by atomic mass is 10.2. The molecule has 0 aliphatic carbocycles. The van der Waals surface area contributed by atoms with Crippen molar-refractivity contribution < 1.29 is 0 Å². The van der Waals surface area contributed by atoms with E-state index in [0.29, 0.717) is 10.9 Å². The molecule has 0 bridgehead atoms. The number of halogens is 1. The minimum absolute atomic E-state index is 0.597. The van der Waals surface area contributed by atoms with E-state index in [2.05, 4.69) is 21.4 Å². The molecule has 0 fully saturated rings. The van der Waals surface area contributed by atoms with Gasteiger partial charge in [0.1, 0.15) is 18.1 Å². The molecule has 0 radical (unpaired) electrons. The highest BCUT2D eigenvalue weighted by molar-refractivity contribution is 7.98. The van der Waals surface area contributed by atoms with E-state index in [1.54, 1.807) is 17.2 Å². The molecule has 0 N–H and O–H groups in total. The van der Waals surface area contributed by atoms with Gasteiger partial charge in [0, 0.05) is 29.1 Å². The highest BCUT2D eigenvalue weighted by Gasteiger charge is 2.08. The quantitative estimate of drug-likeness (QED) is 0.508. The first kappa shape index (κ1) is 17.3. The second-order valence-electron chi connectivity index (χ2n) is 5.36. The Balaban J connectivity index is 1.73. The third kappa shape index (κ3) is 3.92. The van der Waals surface area contributed by atoms with Crippen LogP contribution in [0.4, 0.5) is 0 Å². The van der Waals surface area contributed by atoms with E-state index in [-0.39, 0.29) is 0 Å². The van der Waals surface area contributed by atoms with Crippen LogP contribution in [0.5, 0.6) is 0 Å². The molecule has 126 valence electrons. The van der Waals surface area contributed by atoms with Gasteiger partial charge in [-0.1, -0.05) is 35.5 Å². The van der Waals surface area contributed by atoms with E-state index >= 15 is 0 Å². The van der Waals surface area contributed by atoms with E-state index < -0.39 is 0 Å². The molecule has 0 amide bonds. The maximum absolute atomic E-state index is 9.10. The van der Waals surface area contributed by atoms with Crippen LogP contribution < -0.4 is 0 Å². The fourth-order valence-electron chi connectivity index (χ4n) is 2.21. The zero-order valence-electron chi connectivity index (χ0n) is 13.7. The molecule has 0 aliphatic rings. The van der Waals surface area contributed by atoms with E-state index in [1.165, 1.54) is 11.8 Å². The van der Waals surface area contributed by atoms with Crippen LogP contribution in [0.2, 0.25) is 5.02 Å². The molecular weight excluding hydrogens is 356 g/mol. The van der Waals surface area contributed by atoms with Gasteiger partial charge in [-0.3, -0.25) is 0 Å². The van der Waals surface area contributed by atoms with Crippen LogP contribution in [0.15, 0.2) is 46.9 Å². The normalized spacial score (nSPS) is 11.1.